The summed E-state index contributed by atoms with van der Waals surface area (Å²) in [5.74, 6) is -0.462. The molecule has 150 valence electrons. The molecular formula is C23H18FN3OS2. The second kappa shape index (κ2) is 9.11. The van der Waals surface area contributed by atoms with Gasteiger partial charge in [0.05, 0.1) is 5.69 Å². The van der Waals surface area contributed by atoms with Crippen LogP contribution in [-0.4, -0.2) is 10.9 Å². The Labute approximate surface area is 182 Å². The standard InChI is InChI=1S/C23H18FN3OS2/c24-17-8-6-15(7-9-17)20-14-29-23(26-20)27-22(28)21(16-4-2-1-3-5-16)30-19-12-10-18(25)11-13-19/h1-14,21H,25H2,(H,26,27,28). The largest absolute Gasteiger partial charge is 0.399 e. The number of nitrogens with zero attached hydrogens (tertiary/aromatic N) is 1. The van der Waals surface area contributed by atoms with E-state index in [1.54, 1.807) is 12.1 Å². The van der Waals surface area contributed by atoms with E-state index in [2.05, 4.69) is 10.3 Å². The Balaban J connectivity index is 1.54. The first-order valence-corrected chi connectivity index (χ1v) is 10.9. The monoisotopic (exact) mass is 435 g/mol. The number of benzene rings is 3. The zero-order valence-electron chi connectivity index (χ0n) is 15.8. The molecule has 1 atom stereocenters. The zero-order chi connectivity index (χ0) is 20.9. The normalized spacial score (nSPS) is 11.8. The van der Waals surface area contributed by atoms with E-state index in [1.165, 1.54) is 35.2 Å². The van der Waals surface area contributed by atoms with Crippen molar-refractivity contribution >= 4 is 39.8 Å². The lowest BCUT2D eigenvalue weighted by Crippen LogP contribution is -2.18. The number of nitrogens with one attached hydrogen (secondary N) is 1. The second-order valence-electron chi connectivity index (χ2n) is 6.51. The molecule has 0 spiro atoms. The van der Waals surface area contributed by atoms with E-state index in [4.69, 9.17) is 5.73 Å². The number of thioether (sulfide) groups is 1. The minimum atomic E-state index is -0.451. The average Bonchev–Trinajstić information content (AvgIpc) is 3.22. The molecule has 0 aliphatic heterocycles. The number of nitrogens with two attached hydrogens (primary N) is 1. The zero-order valence-corrected chi connectivity index (χ0v) is 17.4. The molecule has 3 aromatic carbocycles. The molecule has 0 saturated carbocycles. The number of nitrogen functional groups attached to an aromatic ring is 1. The molecule has 3 N–H and O–H groups in total. The number of halogens is 1. The van der Waals surface area contributed by atoms with Gasteiger partial charge in [-0.1, -0.05) is 30.3 Å². The lowest BCUT2D eigenvalue weighted by Gasteiger charge is -2.16. The van der Waals surface area contributed by atoms with E-state index in [0.29, 0.717) is 16.5 Å². The molecule has 0 fully saturated rings. The molecule has 0 radical (unpaired) electrons. The van der Waals surface area contributed by atoms with Crippen molar-refractivity contribution in [2.24, 2.45) is 0 Å². The molecular weight excluding hydrogens is 417 g/mol. The maximum absolute atomic E-state index is 13.1. The fourth-order valence-electron chi connectivity index (χ4n) is 2.84. The third-order valence-electron chi connectivity index (χ3n) is 4.35. The predicted octanol–water partition coefficient (Wildman–Crippen LogP) is 6.00. The van der Waals surface area contributed by atoms with Crippen molar-refractivity contribution < 1.29 is 9.18 Å². The highest BCUT2D eigenvalue weighted by atomic mass is 32.2. The summed E-state index contributed by atoms with van der Waals surface area (Å²) in [6, 6.07) is 23.2. The molecule has 4 aromatic rings. The van der Waals surface area contributed by atoms with E-state index in [-0.39, 0.29) is 11.7 Å². The third kappa shape index (κ3) is 4.87. The Bertz CT molecular complexity index is 1130. The predicted molar refractivity (Wildman–Crippen MR) is 122 cm³/mol. The summed E-state index contributed by atoms with van der Waals surface area (Å²) < 4.78 is 13.1. The van der Waals surface area contributed by atoms with Gasteiger partial charge < -0.3 is 11.1 Å². The fraction of sp³-hybridized carbons (Fsp3) is 0.0435. The van der Waals surface area contributed by atoms with Crippen LogP contribution in [0.3, 0.4) is 0 Å². The van der Waals surface area contributed by atoms with Crippen molar-refractivity contribution in [2.45, 2.75) is 10.1 Å². The number of carbonyl (C=O) groups excluding carboxylic acids is 1. The lowest BCUT2D eigenvalue weighted by atomic mass is 10.1. The van der Waals surface area contributed by atoms with E-state index < -0.39 is 5.25 Å². The van der Waals surface area contributed by atoms with Crippen LogP contribution in [0.2, 0.25) is 0 Å². The van der Waals surface area contributed by atoms with E-state index in [0.717, 1.165) is 16.0 Å². The maximum Gasteiger partial charge on any atom is 0.244 e. The fourth-order valence-corrected chi connectivity index (χ4v) is 4.59. The lowest BCUT2D eigenvalue weighted by molar-refractivity contribution is -0.115. The molecule has 30 heavy (non-hydrogen) atoms. The van der Waals surface area contributed by atoms with E-state index in [1.807, 2.05) is 60.0 Å². The first kappa shape index (κ1) is 20.1. The van der Waals surface area contributed by atoms with Gasteiger partial charge in [0, 0.05) is 21.5 Å². The van der Waals surface area contributed by atoms with Crippen LogP contribution in [0.5, 0.6) is 0 Å². The molecule has 1 heterocycles. The minimum Gasteiger partial charge on any atom is -0.399 e. The van der Waals surface area contributed by atoms with Crippen molar-refractivity contribution in [2.75, 3.05) is 11.1 Å². The number of hydrogen-bond donors (Lipinski definition) is 2. The van der Waals surface area contributed by atoms with Gasteiger partial charge in [0.15, 0.2) is 5.13 Å². The minimum absolute atomic E-state index is 0.164. The highest BCUT2D eigenvalue weighted by Crippen LogP contribution is 2.37. The van der Waals surface area contributed by atoms with Gasteiger partial charge >= 0.3 is 0 Å². The van der Waals surface area contributed by atoms with Gasteiger partial charge in [-0.15, -0.1) is 23.1 Å². The summed E-state index contributed by atoms with van der Waals surface area (Å²) in [5.41, 5.74) is 8.83. The van der Waals surface area contributed by atoms with Crippen molar-refractivity contribution in [1.82, 2.24) is 4.98 Å². The average molecular weight is 436 g/mol. The quantitative estimate of drug-likeness (QED) is 0.288. The van der Waals surface area contributed by atoms with Gasteiger partial charge in [0.2, 0.25) is 5.91 Å². The first-order valence-electron chi connectivity index (χ1n) is 9.18. The van der Waals surface area contributed by atoms with Crippen LogP contribution >= 0.6 is 23.1 Å². The highest BCUT2D eigenvalue weighted by molar-refractivity contribution is 8.00. The number of rotatable bonds is 6. The summed E-state index contributed by atoms with van der Waals surface area (Å²) in [6.45, 7) is 0. The summed E-state index contributed by atoms with van der Waals surface area (Å²) in [5, 5.41) is 4.81. The van der Waals surface area contributed by atoms with Crippen molar-refractivity contribution in [3.8, 4) is 11.3 Å². The SMILES string of the molecule is Nc1ccc(SC(C(=O)Nc2nc(-c3ccc(F)cc3)cs2)c2ccccc2)cc1. The van der Waals surface area contributed by atoms with Crippen LogP contribution in [0, 0.1) is 5.82 Å². The van der Waals surface area contributed by atoms with Gasteiger partial charge in [-0.25, -0.2) is 9.37 Å². The first-order chi connectivity index (χ1) is 14.6. The number of thiazole rings is 1. The molecule has 0 aliphatic rings. The van der Waals surface area contributed by atoms with E-state index in [9.17, 15) is 9.18 Å². The van der Waals surface area contributed by atoms with Gasteiger partial charge in [0.1, 0.15) is 11.1 Å². The van der Waals surface area contributed by atoms with Gasteiger partial charge in [-0.3, -0.25) is 4.79 Å². The molecule has 1 amide bonds. The number of amides is 1. The maximum atomic E-state index is 13.1. The summed E-state index contributed by atoms with van der Waals surface area (Å²) in [6.07, 6.45) is 0. The van der Waals surface area contributed by atoms with Crippen LogP contribution in [0.4, 0.5) is 15.2 Å². The van der Waals surface area contributed by atoms with Crippen LogP contribution in [0.25, 0.3) is 11.3 Å². The van der Waals surface area contributed by atoms with Crippen LogP contribution in [0.1, 0.15) is 10.8 Å². The molecule has 1 unspecified atom stereocenters. The molecule has 4 rings (SSSR count). The summed E-state index contributed by atoms with van der Waals surface area (Å²) >= 11 is 2.79. The van der Waals surface area contributed by atoms with Crippen molar-refractivity contribution in [1.29, 1.82) is 0 Å². The third-order valence-corrected chi connectivity index (χ3v) is 6.37. The Hall–Kier alpha value is -3.16. The number of anilines is 2. The molecule has 0 saturated heterocycles. The Morgan fingerprint density at radius 3 is 2.40 bits per heavy atom. The number of carbonyl (C=O) groups is 1. The van der Waals surface area contributed by atoms with Crippen molar-refractivity contribution in [3.05, 3.63) is 95.6 Å². The summed E-state index contributed by atoms with van der Waals surface area (Å²) in [7, 11) is 0. The molecule has 4 nitrogen and oxygen atoms in total. The van der Waals surface area contributed by atoms with Gasteiger partial charge in [-0.05, 0) is 54.1 Å². The van der Waals surface area contributed by atoms with Gasteiger partial charge in [-0.2, -0.15) is 0 Å². The smallest absolute Gasteiger partial charge is 0.244 e. The van der Waals surface area contributed by atoms with Crippen LogP contribution in [0.15, 0.2) is 89.1 Å². The second-order valence-corrected chi connectivity index (χ2v) is 8.55. The molecule has 0 aliphatic carbocycles. The Kier molecular flexibility index (Phi) is 6.11. The van der Waals surface area contributed by atoms with E-state index >= 15 is 0 Å². The summed E-state index contributed by atoms with van der Waals surface area (Å²) in [4.78, 5) is 18.6. The molecule has 1 aromatic heterocycles. The Morgan fingerprint density at radius 1 is 1.00 bits per heavy atom. The topological polar surface area (TPSA) is 68.0 Å². The van der Waals surface area contributed by atoms with Crippen LogP contribution in [-0.2, 0) is 4.79 Å². The molecule has 7 heteroatoms. The van der Waals surface area contributed by atoms with Crippen LogP contribution < -0.4 is 11.1 Å². The highest BCUT2D eigenvalue weighted by Gasteiger charge is 2.23. The van der Waals surface area contributed by atoms with Gasteiger partial charge in [0.25, 0.3) is 0 Å². The molecule has 0 bridgehead atoms. The number of aromatic nitrogens is 1. The van der Waals surface area contributed by atoms with Crippen molar-refractivity contribution in [3.63, 3.8) is 0 Å². The number of hydrogen-bond acceptors (Lipinski definition) is 5. The Morgan fingerprint density at radius 2 is 1.70 bits per heavy atom.